The van der Waals surface area contributed by atoms with Gasteiger partial charge >= 0.3 is 0 Å². The predicted octanol–water partition coefficient (Wildman–Crippen LogP) is 2.89. The highest BCUT2D eigenvalue weighted by Gasteiger charge is 2.49. The minimum Gasteiger partial charge on any atom is -0.342 e. The standard InChI is InChI=1S/C20H29N3O2/c1-15-7-5-8-16(21-15)17(24)22-12-10-20(14-22)9-6-11-23(18(20)25)13-19(2,3)4/h5,7-8H,6,9-14H2,1-4H3. The fourth-order valence-corrected chi connectivity index (χ4v) is 4.12. The molecule has 5 heteroatoms. The van der Waals surface area contributed by atoms with E-state index in [0.29, 0.717) is 18.8 Å². The molecule has 0 bridgehead atoms. The van der Waals surface area contributed by atoms with Gasteiger partial charge in [0.2, 0.25) is 5.91 Å². The quantitative estimate of drug-likeness (QED) is 0.830. The first-order valence-corrected chi connectivity index (χ1v) is 9.23. The molecule has 1 aromatic heterocycles. The molecule has 2 aliphatic heterocycles. The van der Waals surface area contributed by atoms with Gasteiger partial charge in [-0.05, 0) is 43.7 Å². The number of amides is 2. The van der Waals surface area contributed by atoms with Crippen LogP contribution in [0, 0.1) is 17.8 Å². The smallest absolute Gasteiger partial charge is 0.272 e. The molecule has 25 heavy (non-hydrogen) atoms. The molecule has 1 aromatic rings. The van der Waals surface area contributed by atoms with Crippen molar-refractivity contribution in [2.45, 2.75) is 47.0 Å². The molecule has 1 unspecified atom stereocenters. The Labute approximate surface area is 150 Å². The van der Waals surface area contributed by atoms with E-state index in [1.807, 2.05) is 28.9 Å². The number of rotatable bonds is 2. The van der Waals surface area contributed by atoms with Crippen LogP contribution in [-0.2, 0) is 4.79 Å². The Bertz CT molecular complexity index is 680. The molecule has 0 radical (unpaired) electrons. The van der Waals surface area contributed by atoms with E-state index in [4.69, 9.17) is 0 Å². The van der Waals surface area contributed by atoms with Crippen molar-refractivity contribution >= 4 is 11.8 Å². The Balaban J connectivity index is 1.74. The molecule has 2 amide bonds. The third-order valence-corrected chi connectivity index (χ3v) is 5.24. The summed E-state index contributed by atoms with van der Waals surface area (Å²) >= 11 is 0. The van der Waals surface area contributed by atoms with Crippen molar-refractivity contribution in [1.82, 2.24) is 14.8 Å². The maximum absolute atomic E-state index is 13.2. The van der Waals surface area contributed by atoms with Crippen molar-refractivity contribution in [2.24, 2.45) is 10.8 Å². The molecular formula is C20H29N3O2. The average Bonchev–Trinajstić information content (AvgIpc) is 2.95. The number of aryl methyl sites for hydroxylation is 1. The summed E-state index contributed by atoms with van der Waals surface area (Å²) in [4.78, 5) is 34.1. The van der Waals surface area contributed by atoms with Gasteiger partial charge in [-0.2, -0.15) is 0 Å². The van der Waals surface area contributed by atoms with Crippen molar-refractivity contribution < 1.29 is 9.59 Å². The van der Waals surface area contributed by atoms with E-state index >= 15 is 0 Å². The zero-order valence-corrected chi connectivity index (χ0v) is 15.8. The number of carbonyl (C=O) groups excluding carboxylic acids is 2. The van der Waals surface area contributed by atoms with Crippen molar-refractivity contribution in [3.63, 3.8) is 0 Å². The minimum atomic E-state index is -0.386. The summed E-state index contributed by atoms with van der Waals surface area (Å²) in [6.45, 7) is 11.2. The van der Waals surface area contributed by atoms with Gasteiger partial charge in [0.15, 0.2) is 0 Å². The topological polar surface area (TPSA) is 53.5 Å². The first-order valence-electron chi connectivity index (χ1n) is 9.23. The zero-order valence-electron chi connectivity index (χ0n) is 15.8. The predicted molar refractivity (Wildman–Crippen MR) is 97.2 cm³/mol. The third kappa shape index (κ3) is 3.70. The van der Waals surface area contributed by atoms with E-state index in [1.165, 1.54) is 0 Å². The fraction of sp³-hybridized carbons (Fsp3) is 0.650. The molecule has 2 fully saturated rings. The summed E-state index contributed by atoms with van der Waals surface area (Å²) in [5.41, 5.74) is 1.02. The number of pyridine rings is 1. The van der Waals surface area contributed by atoms with E-state index in [1.54, 1.807) is 6.07 Å². The maximum atomic E-state index is 13.2. The summed E-state index contributed by atoms with van der Waals surface area (Å²) in [7, 11) is 0. The normalized spacial score (nSPS) is 24.2. The monoisotopic (exact) mass is 343 g/mol. The lowest BCUT2D eigenvalue weighted by atomic mass is 9.77. The second-order valence-corrected chi connectivity index (χ2v) is 8.81. The van der Waals surface area contributed by atoms with E-state index in [2.05, 4.69) is 25.8 Å². The van der Waals surface area contributed by atoms with Crippen molar-refractivity contribution in [2.75, 3.05) is 26.2 Å². The van der Waals surface area contributed by atoms with Gasteiger partial charge in [0.1, 0.15) is 5.69 Å². The number of hydrogen-bond acceptors (Lipinski definition) is 3. The lowest BCUT2D eigenvalue weighted by molar-refractivity contribution is -0.147. The minimum absolute atomic E-state index is 0.0543. The van der Waals surface area contributed by atoms with Crippen molar-refractivity contribution in [1.29, 1.82) is 0 Å². The Kier molecular flexibility index (Phi) is 4.60. The summed E-state index contributed by atoms with van der Waals surface area (Å²) in [5, 5.41) is 0. The van der Waals surface area contributed by atoms with Crippen LogP contribution >= 0.6 is 0 Å². The molecule has 0 aliphatic carbocycles. The third-order valence-electron chi connectivity index (χ3n) is 5.24. The highest BCUT2D eigenvalue weighted by molar-refractivity contribution is 5.94. The second-order valence-electron chi connectivity index (χ2n) is 8.81. The van der Waals surface area contributed by atoms with E-state index in [0.717, 1.165) is 38.0 Å². The van der Waals surface area contributed by atoms with Gasteiger partial charge in [-0.3, -0.25) is 9.59 Å². The Morgan fingerprint density at radius 1 is 1.24 bits per heavy atom. The SMILES string of the molecule is Cc1cccc(C(=O)N2CCC3(CCCN(CC(C)(C)C)C3=O)C2)n1. The van der Waals surface area contributed by atoms with Crippen molar-refractivity contribution in [3.8, 4) is 0 Å². The van der Waals surface area contributed by atoms with Gasteiger partial charge in [0.25, 0.3) is 5.91 Å². The fourth-order valence-electron chi connectivity index (χ4n) is 4.12. The first-order chi connectivity index (χ1) is 11.7. The summed E-state index contributed by atoms with van der Waals surface area (Å²) in [6.07, 6.45) is 2.67. The highest BCUT2D eigenvalue weighted by Crippen LogP contribution is 2.41. The number of nitrogens with zero attached hydrogens (tertiary/aromatic N) is 3. The van der Waals surface area contributed by atoms with Gasteiger partial charge in [-0.1, -0.05) is 26.8 Å². The molecule has 1 spiro atoms. The van der Waals surface area contributed by atoms with E-state index < -0.39 is 0 Å². The Hall–Kier alpha value is -1.91. The van der Waals surface area contributed by atoms with Crippen LogP contribution in [0.4, 0.5) is 0 Å². The van der Waals surface area contributed by atoms with Crippen LogP contribution in [0.5, 0.6) is 0 Å². The Morgan fingerprint density at radius 2 is 2.00 bits per heavy atom. The van der Waals surface area contributed by atoms with E-state index in [9.17, 15) is 9.59 Å². The van der Waals surface area contributed by atoms with Gasteiger partial charge < -0.3 is 9.80 Å². The molecule has 1 atom stereocenters. The average molecular weight is 343 g/mol. The van der Waals surface area contributed by atoms with E-state index in [-0.39, 0.29) is 22.6 Å². The first kappa shape index (κ1) is 17.9. The molecule has 2 aliphatic rings. The molecular weight excluding hydrogens is 314 g/mol. The lowest BCUT2D eigenvalue weighted by Gasteiger charge is -2.41. The Morgan fingerprint density at radius 3 is 2.68 bits per heavy atom. The summed E-state index contributed by atoms with van der Waals surface area (Å²) < 4.78 is 0. The van der Waals surface area contributed by atoms with Gasteiger partial charge in [0, 0.05) is 31.9 Å². The van der Waals surface area contributed by atoms with Crippen LogP contribution in [0.3, 0.4) is 0 Å². The van der Waals surface area contributed by atoms with Gasteiger partial charge in [-0.15, -0.1) is 0 Å². The van der Waals surface area contributed by atoms with Crippen LogP contribution in [0.15, 0.2) is 18.2 Å². The van der Waals surface area contributed by atoms with Crippen LogP contribution in [0.2, 0.25) is 0 Å². The molecule has 5 nitrogen and oxygen atoms in total. The number of piperidine rings is 1. The molecule has 3 rings (SSSR count). The molecule has 0 N–H and O–H groups in total. The molecule has 136 valence electrons. The molecule has 0 saturated carbocycles. The number of likely N-dealkylation sites (tertiary alicyclic amines) is 2. The second kappa shape index (κ2) is 6.43. The zero-order chi connectivity index (χ0) is 18.2. The molecule has 2 saturated heterocycles. The highest BCUT2D eigenvalue weighted by atomic mass is 16.2. The van der Waals surface area contributed by atoms with Crippen LogP contribution < -0.4 is 0 Å². The largest absolute Gasteiger partial charge is 0.342 e. The summed E-state index contributed by atoms with van der Waals surface area (Å²) in [6, 6.07) is 5.50. The number of hydrogen-bond donors (Lipinski definition) is 0. The lowest BCUT2D eigenvalue weighted by Crippen LogP contribution is -2.52. The van der Waals surface area contributed by atoms with Crippen LogP contribution in [0.25, 0.3) is 0 Å². The van der Waals surface area contributed by atoms with Gasteiger partial charge in [0.05, 0.1) is 5.41 Å². The maximum Gasteiger partial charge on any atom is 0.272 e. The van der Waals surface area contributed by atoms with Crippen molar-refractivity contribution in [3.05, 3.63) is 29.6 Å². The van der Waals surface area contributed by atoms with Gasteiger partial charge in [-0.25, -0.2) is 4.98 Å². The number of carbonyl (C=O) groups is 2. The molecule has 0 aromatic carbocycles. The molecule has 3 heterocycles. The summed E-state index contributed by atoms with van der Waals surface area (Å²) in [5.74, 6) is 0.183. The van der Waals surface area contributed by atoms with Crippen LogP contribution in [0.1, 0.15) is 56.2 Å². The number of aromatic nitrogens is 1. The van der Waals surface area contributed by atoms with Crippen LogP contribution in [-0.4, -0.2) is 52.8 Å².